The van der Waals surface area contributed by atoms with E-state index in [1.54, 1.807) is 12.4 Å². The fourth-order valence-corrected chi connectivity index (χ4v) is 3.52. The molecule has 0 radical (unpaired) electrons. The van der Waals surface area contributed by atoms with E-state index in [2.05, 4.69) is 22.4 Å². The molecular formula is C16H17N3OS. The van der Waals surface area contributed by atoms with Gasteiger partial charge in [0.15, 0.2) is 0 Å². The zero-order chi connectivity index (χ0) is 14.5. The lowest BCUT2D eigenvalue weighted by Gasteiger charge is -2.35. The Morgan fingerprint density at radius 3 is 2.86 bits per heavy atom. The number of thioether (sulfide) groups is 1. The average molecular weight is 299 g/mol. The van der Waals surface area contributed by atoms with Gasteiger partial charge in [-0.05, 0) is 17.7 Å². The Hall–Kier alpha value is -2.01. The van der Waals surface area contributed by atoms with Gasteiger partial charge in [0.05, 0.1) is 17.9 Å². The minimum absolute atomic E-state index is 0.0582. The van der Waals surface area contributed by atoms with Crippen LogP contribution in [0.5, 0.6) is 0 Å². The van der Waals surface area contributed by atoms with Crippen molar-refractivity contribution in [3.05, 3.63) is 60.4 Å². The van der Waals surface area contributed by atoms with Gasteiger partial charge in [0.25, 0.3) is 0 Å². The lowest BCUT2D eigenvalue weighted by atomic mass is 10.1. The number of carbonyl (C=O) groups excluding carboxylic acids is 1. The van der Waals surface area contributed by atoms with Gasteiger partial charge in [-0.3, -0.25) is 4.98 Å². The van der Waals surface area contributed by atoms with Crippen LogP contribution in [0.4, 0.5) is 10.5 Å². The molecule has 0 saturated carbocycles. The van der Waals surface area contributed by atoms with Crippen molar-refractivity contribution in [3.63, 3.8) is 0 Å². The predicted octanol–water partition coefficient (Wildman–Crippen LogP) is 3.40. The molecule has 1 atom stereocenters. The van der Waals surface area contributed by atoms with Crippen LogP contribution in [-0.4, -0.2) is 34.0 Å². The first-order chi connectivity index (χ1) is 10.3. The molecule has 1 N–H and O–H groups in total. The summed E-state index contributed by atoms with van der Waals surface area (Å²) in [6.07, 6.45) is 3.36. The monoisotopic (exact) mass is 299 g/mol. The minimum atomic E-state index is -0.0582. The van der Waals surface area contributed by atoms with E-state index in [4.69, 9.17) is 0 Å². The maximum Gasteiger partial charge on any atom is 0.322 e. The Balaban J connectivity index is 1.76. The van der Waals surface area contributed by atoms with Gasteiger partial charge in [-0.15, -0.1) is 0 Å². The molecule has 5 heteroatoms. The minimum Gasteiger partial charge on any atom is -0.316 e. The number of carbonyl (C=O) groups is 1. The summed E-state index contributed by atoms with van der Waals surface area (Å²) in [6, 6.07) is 13.9. The van der Waals surface area contributed by atoms with Crippen LogP contribution in [0.2, 0.25) is 0 Å². The number of nitrogens with zero attached hydrogens (tertiary/aromatic N) is 2. The van der Waals surface area contributed by atoms with Gasteiger partial charge in [0.1, 0.15) is 0 Å². The number of rotatable bonds is 2. The second-order valence-electron chi connectivity index (χ2n) is 4.87. The quantitative estimate of drug-likeness (QED) is 0.924. The van der Waals surface area contributed by atoms with Gasteiger partial charge in [-0.1, -0.05) is 30.3 Å². The molecule has 2 heterocycles. The van der Waals surface area contributed by atoms with Gasteiger partial charge in [0, 0.05) is 24.2 Å². The smallest absolute Gasteiger partial charge is 0.316 e. The van der Waals surface area contributed by atoms with Gasteiger partial charge in [-0.2, -0.15) is 11.8 Å². The van der Waals surface area contributed by atoms with E-state index in [0.717, 1.165) is 23.7 Å². The summed E-state index contributed by atoms with van der Waals surface area (Å²) in [4.78, 5) is 18.5. The maximum atomic E-state index is 12.5. The Labute approximate surface area is 128 Å². The normalized spacial score (nSPS) is 18.3. The molecule has 0 aliphatic carbocycles. The first-order valence-corrected chi connectivity index (χ1v) is 8.10. The number of pyridine rings is 1. The van der Waals surface area contributed by atoms with E-state index in [1.807, 2.05) is 47.0 Å². The van der Waals surface area contributed by atoms with Crippen molar-refractivity contribution in [2.75, 3.05) is 23.4 Å². The molecule has 1 aliphatic heterocycles. The van der Waals surface area contributed by atoms with E-state index >= 15 is 0 Å². The molecule has 0 unspecified atom stereocenters. The van der Waals surface area contributed by atoms with Crippen LogP contribution < -0.4 is 5.32 Å². The molecule has 1 saturated heterocycles. The van der Waals surface area contributed by atoms with E-state index in [1.165, 1.54) is 5.56 Å². The summed E-state index contributed by atoms with van der Waals surface area (Å²) >= 11 is 1.89. The summed E-state index contributed by atoms with van der Waals surface area (Å²) < 4.78 is 0. The predicted molar refractivity (Wildman–Crippen MR) is 86.5 cm³/mol. The molecule has 2 aromatic rings. The van der Waals surface area contributed by atoms with Crippen LogP contribution >= 0.6 is 11.8 Å². The van der Waals surface area contributed by atoms with Crippen molar-refractivity contribution in [1.82, 2.24) is 9.88 Å². The van der Waals surface area contributed by atoms with Gasteiger partial charge in [0.2, 0.25) is 0 Å². The fourth-order valence-electron chi connectivity index (χ4n) is 2.43. The molecule has 1 fully saturated rings. The highest BCUT2D eigenvalue weighted by Crippen LogP contribution is 2.29. The van der Waals surface area contributed by atoms with Crippen molar-refractivity contribution in [1.29, 1.82) is 0 Å². The van der Waals surface area contributed by atoms with Crippen LogP contribution in [0, 0.1) is 0 Å². The molecule has 1 aromatic heterocycles. The van der Waals surface area contributed by atoms with Crippen LogP contribution in [0.3, 0.4) is 0 Å². The SMILES string of the molecule is O=C(Nc1cccnc1)N1CCSC[C@H]1c1ccccc1. The van der Waals surface area contributed by atoms with Crippen molar-refractivity contribution in [3.8, 4) is 0 Å². The highest BCUT2D eigenvalue weighted by atomic mass is 32.2. The molecule has 0 spiro atoms. The maximum absolute atomic E-state index is 12.5. The summed E-state index contributed by atoms with van der Waals surface area (Å²) in [5, 5.41) is 2.93. The molecule has 3 rings (SSSR count). The van der Waals surface area contributed by atoms with Crippen LogP contribution in [-0.2, 0) is 0 Å². The number of hydrogen-bond acceptors (Lipinski definition) is 3. The number of anilines is 1. The van der Waals surface area contributed by atoms with Crippen LogP contribution in [0.25, 0.3) is 0 Å². The summed E-state index contributed by atoms with van der Waals surface area (Å²) in [7, 11) is 0. The number of nitrogens with one attached hydrogen (secondary N) is 1. The topological polar surface area (TPSA) is 45.2 Å². The van der Waals surface area contributed by atoms with Crippen molar-refractivity contribution in [2.45, 2.75) is 6.04 Å². The summed E-state index contributed by atoms with van der Waals surface area (Å²) in [5.74, 6) is 1.91. The molecule has 2 amide bonds. The number of aromatic nitrogens is 1. The standard InChI is InChI=1S/C16H17N3OS/c20-16(18-14-7-4-8-17-11-14)19-9-10-21-12-15(19)13-5-2-1-3-6-13/h1-8,11,15H,9-10,12H2,(H,18,20)/t15-/m0/s1. The zero-order valence-corrected chi connectivity index (χ0v) is 12.4. The van der Waals surface area contributed by atoms with Gasteiger partial charge >= 0.3 is 6.03 Å². The van der Waals surface area contributed by atoms with Gasteiger partial charge in [-0.25, -0.2) is 4.79 Å². The molecule has 0 bridgehead atoms. The molecule has 108 valence electrons. The Morgan fingerprint density at radius 1 is 1.24 bits per heavy atom. The highest BCUT2D eigenvalue weighted by Gasteiger charge is 2.28. The molecule has 21 heavy (non-hydrogen) atoms. The van der Waals surface area contributed by atoms with E-state index in [9.17, 15) is 4.79 Å². The van der Waals surface area contributed by atoms with Crippen molar-refractivity contribution in [2.24, 2.45) is 0 Å². The van der Waals surface area contributed by atoms with Crippen LogP contribution in [0.15, 0.2) is 54.9 Å². The largest absolute Gasteiger partial charge is 0.322 e. The second-order valence-corrected chi connectivity index (χ2v) is 6.02. The van der Waals surface area contributed by atoms with Gasteiger partial charge < -0.3 is 10.2 Å². The first kappa shape index (κ1) is 13.9. The number of amides is 2. The third-order valence-electron chi connectivity index (χ3n) is 3.49. The second kappa shape index (κ2) is 6.63. The lowest BCUT2D eigenvalue weighted by Crippen LogP contribution is -2.43. The lowest BCUT2D eigenvalue weighted by molar-refractivity contribution is 0.196. The zero-order valence-electron chi connectivity index (χ0n) is 11.6. The third-order valence-corrected chi connectivity index (χ3v) is 4.51. The number of hydrogen-bond donors (Lipinski definition) is 1. The summed E-state index contributed by atoms with van der Waals surface area (Å²) in [5.41, 5.74) is 1.92. The number of urea groups is 1. The summed E-state index contributed by atoms with van der Waals surface area (Å²) in [6.45, 7) is 0.760. The molecular weight excluding hydrogens is 282 g/mol. The van der Waals surface area contributed by atoms with Crippen LogP contribution in [0.1, 0.15) is 11.6 Å². The fraction of sp³-hybridized carbons (Fsp3) is 0.250. The van der Waals surface area contributed by atoms with Crippen molar-refractivity contribution < 1.29 is 4.79 Å². The third kappa shape index (κ3) is 3.36. The Kier molecular flexibility index (Phi) is 4.40. The molecule has 4 nitrogen and oxygen atoms in total. The Morgan fingerprint density at radius 2 is 2.10 bits per heavy atom. The van der Waals surface area contributed by atoms with Crippen molar-refractivity contribution >= 4 is 23.5 Å². The first-order valence-electron chi connectivity index (χ1n) is 6.95. The average Bonchev–Trinajstić information content (AvgIpc) is 2.56. The van der Waals surface area contributed by atoms with E-state index < -0.39 is 0 Å². The number of benzene rings is 1. The Bertz CT molecular complexity index is 591. The van der Waals surface area contributed by atoms with E-state index in [-0.39, 0.29) is 12.1 Å². The molecule has 1 aliphatic rings. The van der Waals surface area contributed by atoms with E-state index in [0.29, 0.717) is 0 Å². The highest BCUT2D eigenvalue weighted by molar-refractivity contribution is 7.99. The molecule has 1 aromatic carbocycles.